The standard InChI is InChI=1S/C21H21N5O4S/c1-2-19(16-8-7-14-5-3-4-6-15(14)9-16)31(29,30)25-18-12-26(13-18)21-22-10-17(11-23-21)20(27)24-28/h2-11,18-19,25,28H,1,12-13H2,(H,24,27). The molecule has 2 aromatic carbocycles. The Morgan fingerprint density at radius 1 is 1.16 bits per heavy atom. The van der Waals surface area contributed by atoms with Crippen molar-refractivity contribution in [3.8, 4) is 0 Å². The Hall–Kier alpha value is -3.34. The van der Waals surface area contributed by atoms with E-state index in [1.165, 1.54) is 23.9 Å². The predicted molar refractivity (Wildman–Crippen MR) is 116 cm³/mol. The monoisotopic (exact) mass is 439 g/mol. The van der Waals surface area contributed by atoms with Crippen molar-refractivity contribution in [2.45, 2.75) is 11.3 Å². The number of carbonyl (C=O) groups is 1. The maximum Gasteiger partial charge on any atom is 0.277 e. The second-order valence-electron chi connectivity index (χ2n) is 7.24. The van der Waals surface area contributed by atoms with E-state index < -0.39 is 21.2 Å². The van der Waals surface area contributed by atoms with Crippen LogP contribution in [-0.2, 0) is 10.0 Å². The zero-order valence-electron chi connectivity index (χ0n) is 16.5. The average molecular weight is 439 g/mol. The highest BCUT2D eigenvalue weighted by atomic mass is 32.2. The number of hydrogen-bond acceptors (Lipinski definition) is 7. The molecule has 0 saturated carbocycles. The molecular weight excluding hydrogens is 418 g/mol. The van der Waals surface area contributed by atoms with Gasteiger partial charge in [0, 0.05) is 25.5 Å². The van der Waals surface area contributed by atoms with Gasteiger partial charge in [0.05, 0.1) is 11.6 Å². The van der Waals surface area contributed by atoms with Crippen LogP contribution in [0.5, 0.6) is 0 Å². The number of anilines is 1. The lowest BCUT2D eigenvalue weighted by Crippen LogP contribution is -2.60. The lowest BCUT2D eigenvalue weighted by atomic mass is 10.1. The van der Waals surface area contributed by atoms with Crippen molar-refractivity contribution in [2.75, 3.05) is 18.0 Å². The highest BCUT2D eigenvalue weighted by Gasteiger charge is 2.35. The normalized spacial score (nSPS) is 15.3. The van der Waals surface area contributed by atoms with Crippen LogP contribution in [0.15, 0.2) is 67.5 Å². The molecule has 1 atom stereocenters. The molecule has 1 fully saturated rings. The molecule has 0 aliphatic carbocycles. The number of rotatable bonds is 7. The smallest absolute Gasteiger partial charge is 0.277 e. The van der Waals surface area contributed by atoms with E-state index in [-0.39, 0.29) is 11.6 Å². The van der Waals surface area contributed by atoms with Crippen LogP contribution in [0.3, 0.4) is 0 Å². The van der Waals surface area contributed by atoms with Crippen LogP contribution < -0.4 is 15.1 Å². The quantitative estimate of drug-likeness (QED) is 0.291. The van der Waals surface area contributed by atoms with E-state index in [2.05, 4.69) is 21.3 Å². The molecule has 4 rings (SSSR count). The first-order chi connectivity index (χ1) is 14.9. The van der Waals surface area contributed by atoms with E-state index in [0.717, 1.165) is 10.8 Å². The van der Waals surface area contributed by atoms with Gasteiger partial charge >= 0.3 is 0 Å². The number of aromatic nitrogens is 2. The molecule has 1 saturated heterocycles. The van der Waals surface area contributed by atoms with Crippen LogP contribution in [0.1, 0.15) is 21.2 Å². The van der Waals surface area contributed by atoms with Gasteiger partial charge in [-0.25, -0.2) is 28.6 Å². The van der Waals surface area contributed by atoms with Crippen LogP contribution in [0.25, 0.3) is 10.8 Å². The van der Waals surface area contributed by atoms with Crippen molar-refractivity contribution < 1.29 is 18.4 Å². The summed E-state index contributed by atoms with van der Waals surface area (Å²) in [5.41, 5.74) is 2.28. The van der Waals surface area contributed by atoms with Crippen molar-refractivity contribution >= 4 is 32.7 Å². The lowest BCUT2D eigenvalue weighted by molar-refractivity contribution is 0.0705. The second kappa shape index (κ2) is 8.42. The molecule has 3 N–H and O–H groups in total. The number of carbonyl (C=O) groups excluding carboxylic acids is 1. The molecule has 3 aromatic rings. The summed E-state index contributed by atoms with van der Waals surface area (Å²) in [6.45, 7) is 4.52. The molecule has 1 unspecified atom stereocenters. The fourth-order valence-corrected chi connectivity index (χ4v) is 5.03. The summed E-state index contributed by atoms with van der Waals surface area (Å²) >= 11 is 0. The fourth-order valence-electron chi connectivity index (χ4n) is 3.52. The molecule has 2 heterocycles. The molecule has 0 spiro atoms. The van der Waals surface area contributed by atoms with E-state index in [4.69, 9.17) is 5.21 Å². The van der Waals surface area contributed by atoms with Gasteiger partial charge in [-0.1, -0.05) is 42.5 Å². The van der Waals surface area contributed by atoms with Gasteiger partial charge in [-0.2, -0.15) is 0 Å². The van der Waals surface area contributed by atoms with Crippen molar-refractivity contribution in [3.05, 3.63) is 78.6 Å². The summed E-state index contributed by atoms with van der Waals surface area (Å²) in [6, 6.07) is 13.0. The SMILES string of the molecule is C=CC(c1ccc2ccccc2c1)S(=O)(=O)NC1CN(c2ncc(C(=O)NO)cn2)C1. The van der Waals surface area contributed by atoms with Crippen LogP contribution in [0.4, 0.5) is 5.95 Å². The number of nitrogens with zero attached hydrogens (tertiary/aromatic N) is 3. The first-order valence-corrected chi connectivity index (χ1v) is 11.1. The first-order valence-electron chi connectivity index (χ1n) is 9.55. The van der Waals surface area contributed by atoms with Gasteiger partial charge in [0.1, 0.15) is 5.25 Å². The van der Waals surface area contributed by atoms with Crippen LogP contribution in [-0.4, -0.2) is 48.6 Å². The van der Waals surface area contributed by atoms with Gasteiger partial charge in [0.25, 0.3) is 5.91 Å². The number of sulfonamides is 1. The van der Waals surface area contributed by atoms with Crippen LogP contribution in [0.2, 0.25) is 0 Å². The Labute approximate surface area is 179 Å². The minimum absolute atomic E-state index is 0.119. The summed E-state index contributed by atoms with van der Waals surface area (Å²) < 4.78 is 28.7. The van der Waals surface area contributed by atoms with E-state index in [1.807, 2.05) is 36.4 Å². The zero-order chi connectivity index (χ0) is 22.0. The molecule has 9 nitrogen and oxygen atoms in total. The Morgan fingerprint density at radius 2 is 1.84 bits per heavy atom. The molecule has 1 amide bonds. The Morgan fingerprint density at radius 3 is 2.48 bits per heavy atom. The third kappa shape index (κ3) is 4.26. The van der Waals surface area contributed by atoms with Crippen molar-refractivity contribution in [2.24, 2.45) is 0 Å². The van der Waals surface area contributed by atoms with E-state index >= 15 is 0 Å². The van der Waals surface area contributed by atoms with Crippen molar-refractivity contribution in [3.63, 3.8) is 0 Å². The molecule has 160 valence electrons. The van der Waals surface area contributed by atoms with Gasteiger partial charge in [-0.15, -0.1) is 6.58 Å². The van der Waals surface area contributed by atoms with Gasteiger partial charge in [0.15, 0.2) is 0 Å². The van der Waals surface area contributed by atoms with Gasteiger partial charge in [0.2, 0.25) is 16.0 Å². The first kappa shape index (κ1) is 20.9. The molecule has 1 aliphatic rings. The highest BCUT2D eigenvalue weighted by Crippen LogP contribution is 2.27. The molecule has 1 aliphatic heterocycles. The maximum absolute atomic E-state index is 13.0. The van der Waals surface area contributed by atoms with Crippen molar-refractivity contribution in [1.82, 2.24) is 20.2 Å². The van der Waals surface area contributed by atoms with E-state index in [0.29, 0.717) is 24.6 Å². The molecule has 0 radical (unpaired) electrons. The average Bonchev–Trinajstić information content (AvgIpc) is 2.76. The topological polar surface area (TPSA) is 125 Å². The van der Waals surface area contributed by atoms with Crippen LogP contribution in [0, 0.1) is 0 Å². The summed E-state index contributed by atoms with van der Waals surface area (Å²) in [4.78, 5) is 21.3. The number of hydroxylamine groups is 1. The minimum atomic E-state index is -3.70. The Kier molecular flexibility index (Phi) is 5.68. The molecule has 10 heteroatoms. The predicted octanol–water partition coefficient (Wildman–Crippen LogP) is 1.78. The highest BCUT2D eigenvalue weighted by molar-refractivity contribution is 7.89. The van der Waals surface area contributed by atoms with Gasteiger partial charge in [-0.05, 0) is 22.4 Å². The molecular formula is C21H21N5O4S. The molecule has 31 heavy (non-hydrogen) atoms. The van der Waals surface area contributed by atoms with Gasteiger partial charge < -0.3 is 4.90 Å². The van der Waals surface area contributed by atoms with Crippen LogP contribution >= 0.6 is 0 Å². The minimum Gasteiger partial charge on any atom is -0.337 e. The largest absolute Gasteiger partial charge is 0.337 e. The number of fused-ring (bicyclic) bond motifs is 1. The summed E-state index contributed by atoms with van der Waals surface area (Å²) in [6.07, 6.45) is 4.01. The lowest BCUT2D eigenvalue weighted by Gasteiger charge is -2.39. The number of nitrogens with one attached hydrogen (secondary N) is 2. The summed E-state index contributed by atoms with van der Waals surface area (Å²) in [5.74, 6) is -0.329. The van der Waals surface area contributed by atoms with Crippen molar-refractivity contribution in [1.29, 1.82) is 0 Å². The number of benzene rings is 2. The third-order valence-corrected chi connectivity index (χ3v) is 6.94. The maximum atomic E-state index is 13.0. The van der Waals surface area contributed by atoms with E-state index in [9.17, 15) is 13.2 Å². The summed E-state index contributed by atoms with van der Waals surface area (Å²) in [5, 5.41) is 9.76. The molecule has 1 aromatic heterocycles. The Balaban J connectivity index is 1.42. The summed E-state index contributed by atoms with van der Waals surface area (Å²) in [7, 11) is -3.70. The molecule has 0 bridgehead atoms. The second-order valence-corrected chi connectivity index (χ2v) is 9.07. The Bertz CT molecular complexity index is 1220. The zero-order valence-corrected chi connectivity index (χ0v) is 17.3. The fraction of sp³-hybridized carbons (Fsp3) is 0.190. The van der Waals surface area contributed by atoms with Gasteiger partial charge in [-0.3, -0.25) is 10.0 Å². The number of hydrogen-bond donors (Lipinski definition) is 3. The third-order valence-electron chi connectivity index (χ3n) is 5.15. The number of amides is 1. The van der Waals surface area contributed by atoms with E-state index in [1.54, 1.807) is 11.0 Å².